The van der Waals surface area contributed by atoms with Crippen LogP contribution >= 0.6 is 15.9 Å². The van der Waals surface area contributed by atoms with Gasteiger partial charge in [-0.15, -0.1) is 0 Å². The number of methoxy groups -OCH3 is 1. The van der Waals surface area contributed by atoms with Crippen LogP contribution in [0.5, 0.6) is 5.75 Å². The Morgan fingerprint density at radius 1 is 1.35 bits per heavy atom. The zero-order chi connectivity index (χ0) is 17.6. The largest absolute Gasteiger partial charge is 0.491 e. The average Bonchev–Trinajstić information content (AvgIpc) is 2.35. The van der Waals surface area contributed by atoms with Crippen LogP contribution in [0.1, 0.15) is 37.6 Å². The number of ether oxygens (including phenoxy) is 2. The number of amides is 1. The second kappa shape index (κ2) is 8.31. The van der Waals surface area contributed by atoms with Gasteiger partial charge in [0.2, 0.25) is 0 Å². The van der Waals surface area contributed by atoms with Gasteiger partial charge >= 0.3 is 5.97 Å². The van der Waals surface area contributed by atoms with Crippen molar-refractivity contribution in [1.82, 2.24) is 5.32 Å². The zero-order valence-corrected chi connectivity index (χ0v) is 15.3. The van der Waals surface area contributed by atoms with Gasteiger partial charge in [0, 0.05) is 17.1 Å². The number of hydrogen-bond acceptors (Lipinski definition) is 4. The van der Waals surface area contributed by atoms with Gasteiger partial charge in [0.05, 0.1) is 24.7 Å². The molecule has 1 aromatic rings. The summed E-state index contributed by atoms with van der Waals surface area (Å²) in [6.07, 6.45) is -0.262. The molecule has 2 N–H and O–H groups in total. The first-order valence-corrected chi connectivity index (χ1v) is 7.95. The second-order valence-corrected chi connectivity index (χ2v) is 6.78. The van der Waals surface area contributed by atoms with Crippen molar-refractivity contribution < 1.29 is 24.2 Å². The van der Waals surface area contributed by atoms with Crippen molar-refractivity contribution in [1.29, 1.82) is 0 Å². The molecule has 7 heteroatoms. The van der Waals surface area contributed by atoms with E-state index >= 15 is 0 Å². The molecule has 1 aromatic carbocycles. The fraction of sp³-hybridized carbons (Fsp3) is 0.500. The molecule has 128 valence electrons. The minimum atomic E-state index is -1.01. The van der Waals surface area contributed by atoms with Crippen molar-refractivity contribution in [3.05, 3.63) is 28.2 Å². The smallest absolute Gasteiger partial charge is 0.305 e. The van der Waals surface area contributed by atoms with E-state index in [-0.39, 0.29) is 25.0 Å². The number of aliphatic carboxylic acids is 1. The highest BCUT2D eigenvalue weighted by Crippen LogP contribution is 2.23. The number of carbonyl (C=O) groups is 2. The molecule has 0 saturated heterocycles. The molecule has 0 saturated carbocycles. The lowest BCUT2D eigenvalue weighted by atomic mass is 9.98. The van der Waals surface area contributed by atoms with Crippen molar-refractivity contribution in [3.63, 3.8) is 0 Å². The van der Waals surface area contributed by atoms with Gasteiger partial charge in [-0.25, -0.2) is 0 Å². The molecule has 1 rings (SSSR count). The predicted octanol–water partition coefficient (Wildman–Crippen LogP) is 2.85. The standard InChI is InChI=1S/C16H22BrNO5/c1-10(2)23-13-6-11(5-12(17)7-13)15(21)18-16(3,9-22-4)8-14(19)20/h5-7,10H,8-9H2,1-4H3,(H,18,21)(H,19,20). The molecule has 0 fully saturated rings. The summed E-state index contributed by atoms with van der Waals surface area (Å²) in [5.41, 5.74) is -0.623. The fourth-order valence-corrected chi connectivity index (χ4v) is 2.64. The molecule has 6 nitrogen and oxygen atoms in total. The number of carboxylic acid groups (broad SMARTS) is 1. The Balaban J connectivity index is 2.99. The van der Waals surface area contributed by atoms with Gasteiger partial charge in [0.1, 0.15) is 5.75 Å². The molecule has 1 atom stereocenters. The average molecular weight is 388 g/mol. The van der Waals surface area contributed by atoms with Crippen LogP contribution < -0.4 is 10.1 Å². The molecule has 1 amide bonds. The molecule has 0 aliphatic carbocycles. The molecule has 1 unspecified atom stereocenters. The van der Waals surface area contributed by atoms with Crippen LogP contribution in [0.25, 0.3) is 0 Å². The Morgan fingerprint density at radius 3 is 2.52 bits per heavy atom. The SMILES string of the molecule is COCC(C)(CC(=O)O)NC(=O)c1cc(Br)cc(OC(C)C)c1. The fourth-order valence-electron chi connectivity index (χ4n) is 2.16. The van der Waals surface area contributed by atoms with Crippen LogP contribution in [0.15, 0.2) is 22.7 Å². The van der Waals surface area contributed by atoms with E-state index in [0.29, 0.717) is 15.8 Å². The third-order valence-corrected chi connectivity index (χ3v) is 3.38. The van der Waals surface area contributed by atoms with E-state index in [1.807, 2.05) is 13.8 Å². The van der Waals surface area contributed by atoms with Gasteiger partial charge in [0.15, 0.2) is 0 Å². The van der Waals surface area contributed by atoms with E-state index in [1.54, 1.807) is 25.1 Å². The zero-order valence-electron chi connectivity index (χ0n) is 13.7. The maximum atomic E-state index is 12.5. The molecular formula is C16H22BrNO5. The van der Waals surface area contributed by atoms with E-state index in [4.69, 9.17) is 14.6 Å². The number of hydrogen-bond donors (Lipinski definition) is 2. The normalized spacial score (nSPS) is 13.5. The molecule has 0 aliphatic rings. The van der Waals surface area contributed by atoms with Crippen molar-refractivity contribution in [2.75, 3.05) is 13.7 Å². The topological polar surface area (TPSA) is 84.9 Å². The number of nitrogens with one attached hydrogen (secondary N) is 1. The number of rotatable bonds is 8. The summed E-state index contributed by atoms with van der Waals surface area (Å²) in [6, 6.07) is 5.03. The molecule has 23 heavy (non-hydrogen) atoms. The van der Waals surface area contributed by atoms with Crippen LogP contribution in [0.4, 0.5) is 0 Å². The van der Waals surface area contributed by atoms with Crippen LogP contribution in [-0.2, 0) is 9.53 Å². The first-order chi connectivity index (χ1) is 10.6. The summed E-state index contributed by atoms with van der Waals surface area (Å²) < 4.78 is 11.3. The third-order valence-electron chi connectivity index (χ3n) is 2.92. The molecule has 0 radical (unpaired) electrons. The van der Waals surface area contributed by atoms with E-state index in [1.165, 1.54) is 7.11 Å². The lowest BCUT2D eigenvalue weighted by molar-refractivity contribution is -0.139. The monoisotopic (exact) mass is 387 g/mol. The quantitative estimate of drug-likeness (QED) is 0.716. The van der Waals surface area contributed by atoms with Gasteiger partial charge in [-0.2, -0.15) is 0 Å². The van der Waals surface area contributed by atoms with Crippen molar-refractivity contribution in [2.45, 2.75) is 38.8 Å². The molecule has 0 spiro atoms. The molecule has 0 aromatic heterocycles. The van der Waals surface area contributed by atoms with Gasteiger partial charge in [-0.3, -0.25) is 9.59 Å². The molecule has 0 heterocycles. The summed E-state index contributed by atoms with van der Waals surface area (Å²) in [4.78, 5) is 23.5. The summed E-state index contributed by atoms with van der Waals surface area (Å²) in [5, 5.41) is 11.7. The minimum Gasteiger partial charge on any atom is -0.491 e. The highest BCUT2D eigenvalue weighted by Gasteiger charge is 2.30. The van der Waals surface area contributed by atoms with Gasteiger partial charge in [0.25, 0.3) is 5.91 Å². The van der Waals surface area contributed by atoms with Crippen LogP contribution in [0.3, 0.4) is 0 Å². The Labute approximate surface area is 144 Å². The van der Waals surface area contributed by atoms with E-state index in [9.17, 15) is 9.59 Å². The highest BCUT2D eigenvalue weighted by molar-refractivity contribution is 9.10. The third kappa shape index (κ3) is 6.58. The van der Waals surface area contributed by atoms with Gasteiger partial charge < -0.3 is 19.9 Å². The predicted molar refractivity (Wildman–Crippen MR) is 89.9 cm³/mol. The number of carboxylic acids is 1. The van der Waals surface area contributed by atoms with Crippen LogP contribution in [0.2, 0.25) is 0 Å². The van der Waals surface area contributed by atoms with Crippen molar-refractivity contribution >= 4 is 27.8 Å². The summed E-state index contributed by atoms with van der Waals surface area (Å²) in [7, 11) is 1.46. The van der Waals surface area contributed by atoms with Crippen LogP contribution in [0, 0.1) is 0 Å². The maximum Gasteiger partial charge on any atom is 0.305 e. The van der Waals surface area contributed by atoms with E-state index in [2.05, 4.69) is 21.2 Å². The first kappa shape index (κ1) is 19.4. The number of benzene rings is 1. The van der Waals surface area contributed by atoms with Crippen molar-refractivity contribution in [3.8, 4) is 5.75 Å². The Bertz CT molecular complexity index is 576. The Kier molecular flexibility index (Phi) is 7.02. The Hall–Kier alpha value is -1.60. The summed E-state index contributed by atoms with van der Waals surface area (Å²) in [5.74, 6) is -0.838. The number of carbonyl (C=O) groups excluding carboxylic acids is 1. The highest BCUT2D eigenvalue weighted by atomic mass is 79.9. The van der Waals surface area contributed by atoms with Gasteiger partial charge in [-0.05, 0) is 39.0 Å². The number of halogens is 1. The maximum absolute atomic E-state index is 12.5. The summed E-state index contributed by atoms with van der Waals surface area (Å²) in [6.45, 7) is 5.51. The van der Waals surface area contributed by atoms with Gasteiger partial charge in [-0.1, -0.05) is 15.9 Å². The van der Waals surface area contributed by atoms with Crippen molar-refractivity contribution in [2.24, 2.45) is 0 Å². The lowest BCUT2D eigenvalue weighted by Crippen LogP contribution is -2.50. The lowest BCUT2D eigenvalue weighted by Gasteiger charge is -2.28. The molecule has 0 aliphatic heterocycles. The minimum absolute atomic E-state index is 0.0222. The van der Waals surface area contributed by atoms with Crippen LogP contribution in [-0.4, -0.2) is 42.3 Å². The van der Waals surface area contributed by atoms with E-state index in [0.717, 1.165) is 0 Å². The Morgan fingerprint density at radius 2 is 2.00 bits per heavy atom. The first-order valence-electron chi connectivity index (χ1n) is 7.15. The van der Waals surface area contributed by atoms with E-state index < -0.39 is 11.5 Å². The second-order valence-electron chi connectivity index (χ2n) is 5.86. The molecular weight excluding hydrogens is 366 g/mol. The summed E-state index contributed by atoms with van der Waals surface area (Å²) >= 11 is 3.34. The molecule has 0 bridgehead atoms.